The Labute approximate surface area is 134 Å². The molecule has 8 heteroatoms. The monoisotopic (exact) mass is 352 g/mol. The molecule has 1 rings (SSSR count). The second kappa shape index (κ2) is 7.61. The zero-order chi connectivity index (χ0) is 15.3. The van der Waals surface area contributed by atoms with Crippen molar-refractivity contribution < 1.29 is 8.42 Å². The zero-order valence-corrected chi connectivity index (χ0v) is 14.4. The fraction of sp³-hybridized carbons (Fsp3) is 0.417. The second-order valence-corrected chi connectivity index (χ2v) is 7.66. The van der Waals surface area contributed by atoms with Crippen molar-refractivity contribution in [1.29, 1.82) is 0 Å². The number of halogens is 1. The van der Waals surface area contributed by atoms with E-state index in [1.54, 1.807) is 11.8 Å². The molecule has 1 unspecified atom stereocenters. The molecular weight excluding hydrogens is 336 g/mol. The van der Waals surface area contributed by atoms with E-state index in [-0.39, 0.29) is 20.9 Å². The van der Waals surface area contributed by atoms with Crippen molar-refractivity contribution in [3.8, 4) is 0 Å². The minimum absolute atomic E-state index is 0.107. The SMILES string of the molecule is CCC(CSC)NS(=O)(=O)c1ccc(C(N)=S)c(Cl)c1. The van der Waals surface area contributed by atoms with Gasteiger partial charge in [-0.2, -0.15) is 11.8 Å². The van der Waals surface area contributed by atoms with E-state index in [0.717, 1.165) is 6.42 Å². The average Bonchev–Trinajstić information content (AvgIpc) is 2.37. The van der Waals surface area contributed by atoms with Gasteiger partial charge in [-0.3, -0.25) is 0 Å². The number of nitrogens with two attached hydrogens (primary N) is 1. The van der Waals surface area contributed by atoms with Gasteiger partial charge in [0.05, 0.1) is 9.92 Å². The fourth-order valence-corrected chi connectivity index (χ4v) is 4.34. The quantitative estimate of drug-likeness (QED) is 0.737. The number of sulfonamides is 1. The van der Waals surface area contributed by atoms with E-state index in [1.807, 2.05) is 13.2 Å². The molecule has 0 radical (unpaired) electrons. The normalized spacial score (nSPS) is 13.2. The van der Waals surface area contributed by atoms with Gasteiger partial charge in [-0.25, -0.2) is 13.1 Å². The third-order valence-electron chi connectivity index (χ3n) is 2.70. The van der Waals surface area contributed by atoms with Crippen LogP contribution < -0.4 is 10.5 Å². The van der Waals surface area contributed by atoms with Crippen LogP contribution in [0.1, 0.15) is 18.9 Å². The third-order valence-corrected chi connectivity index (χ3v) is 5.49. The number of hydrogen-bond acceptors (Lipinski definition) is 4. The van der Waals surface area contributed by atoms with Crippen molar-refractivity contribution in [2.75, 3.05) is 12.0 Å². The molecule has 0 saturated heterocycles. The molecule has 0 aliphatic heterocycles. The van der Waals surface area contributed by atoms with E-state index in [4.69, 9.17) is 29.6 Å². The summed E-state index contributed by atoms with van der Waals surface area (Å²) in [5.41, 5.74) is 5.96. The molecule has 3 N–H and O–H groups in total. The maximum absolute atomic E-state index is 12.3. The smallest absolute Gasteiger partial charge is 0.240 e. The zero-order valence-electron chi connectivity index (χ0n) is 11.2. The van der Waals surface area contributed by atoms with E-state index < -0.39 is 10.0 Å². The van der Waals surface area contributed by atoms with Gasteiger partial charge in [0, 0.05) is 17.4 Å². The van der Waals surface area contributed by atoms with Gasteiger partial charge >= 0.3 is 0 Å². The summed E-state index contributed by atoms with van der Waals surface area (Å²) in [6.45, 7) is 1.94. The van der Waals surface area contributed by atoms with Crippen LogP contribution in [0.5, 0.6) is 0 Å². The molecule has 0 amide bonds. The molecule has 0 aliphatic carbocycles. The predicted octanol–water partition coefficient (Wildman–Crippen LogP) is 2.39. The first-order valence-corrected chi connectivity index (χ1v) is 9.58. The van der Waals surface area contributed by atoms with Gasteiger partial charge in [0.25, 0.3) is 0 Å². The van der Waals surface area contributed by atoms with Gasteiger partial charge in [0.2, 0.25) is 10.0 Å². The van der Waals surface area contributed by atoms with Crippen molar-refractivity contribution in [2.24, 2.45) is 5.73 Å². The summed E-state index contributed by atoms with van der Waals surface area (Å²) in [6, 6.07) is 4.23. The summed E-state index contributed by atoms with van der Waals surface area (Å²) in [5, 5.41) is 0.235. The Kier molecular flexibility index (Phi) is 6.74. The molecule has 20 heavy (non-hydrogen) atoms. The predicted molar refractivity (Wildman–Crippen MR) is 90.1 cm³/mol. The highest BCUT2D eigenvalue weighted by Gasteiger charge is 2.20. The number of thioether (sulfide) groups is 1. The second-order valence-electron chi connectivity index (χ2n) is 4.19. The molecule has 1 aromatic carbocycles. The minimum Gasteiger partial charge on any atom is -0.389 e. The molecule has 0 aromatic heterocycles. The van der Waals surface area contributed by atoms with E-state index in [1.165, 1.54) is 18.2 Å². The first-order chi connectivity index (χ1) is 9.31. The Morgan fingerprint density at radius 2 is 2.20 bits per heavy atom. The Hall–Kier alpha value is -0.340. The molecule has 0 fully saturated rings. The van der Waals surface area contributed by atoms with E-state index >= 15 is 0 Å². The van der Waals surface area contributed by atoms with Crippen LogP contribution >= 0.6 is 35.6 Å². The minimum atomic E-state index is -3.59. The van der Waals surface area contributed by atoms with Gasteiger partial charge in [0.15, 0.2) is 0 Å². The van der Waals surface area contributed by atoms with Crippen LogP contribution in [0.15, 0.2) is 23.1 Å². The first kappa shape index (κ1) is 17.7. The van der Waals surface area contributed by atoms with Gasteiger partial charge in [0.1, 0.15) is 4.99 Å². The van der Waals surface area contributed by atoms with Crippen LogP contribution in [0.25, 0.3) is 0 Å². The molecule has 112 valence electrons. The van der Waals surface area contributed by atoms with Crippen molar-refractivity contribution >= 4 is 50.6 Å². The average molecular weight is 353 g/mol. The number of hydrogen-bond donors (Lipinski definition) is 2. The Bertz CT molecular complexity index is 590. The summed E-state index contributed by atoms with van der Waals surface area (Å²) >= 11 is 12.4. The van der Waals surface area contributed by atoms with Gasteiger partial charge in [-0.1, -0.05) is 30.7 Å². The van der Waals surface area contributed by atoms with Crippen molar-refractivity contribution in [2.45, 2.75) is 24.3 Å². The van der Waals surface area contributed by atoms with E-state index in [2.05, 4.69) is 4.72 Å². The molecule has 4 nitrogen and oxygen atoms in total. The largest absolute Gasteiger partial charge is 0.389 e. The lowest BCUT2D eigenvalue weighted by Crippen LogP contribution is -2.36. The molecule has 0 spiro atoms. The number of benzene rings is 1. The van der Waals surface area contributed by atoms with E-state index in [0.29, 0.717) is 11.3 Å². The summed E-state index contributed by atoms with van der Waals surface area (Å²) in [4.78, 5) is 0.253. The van der Waals surface area contributed by atoms with Crippen LogP contribution in [-0.4, -0.2) is 31.5 Å². The van der Waals surface area contributed by atoms with Crippen LogP contribution in [0.2, 0.25) is 5.02 Å². The topological polar surface area (TPSA) is 72.2 Å². The van der Waals surface area contributed by atoms with E-state index in [9.17, 15) is 8.42 Å². The molecule has 0 aliphatic rings. The summed E-state index contributed by atoms with van der Waals surface area (Å²) in [7, 11) is -3.59. The third kappa shape index (κ3) is 4.60. The molecule has 0 heterocycles. The summed E-state index contributed by atoms with van der Waals surface area (Å²) < 4.78 is 27.2. The highest BCUT2D eigenvalue weighted by molar-refractivity contribution is 7.98. The van der Waals surface area contributed by atoms with Crippen LogP contribution in [0.3, 0.4) is 0 Å². The lowest BCUT2D eigenvalue weighted by molar-refractivity contribution is 0.558. The number of nitrogens with one attached hydrogen (secondary N) is 1. The van der Waals surface area contributed by atoms with Gasteiger partial charge < -0.3 is 5.73 Å². The Balaban J connectivity index is 3.04. The number of thiocarbonyl (C=S) groups is 1. The Morgan fingerprint density at radius 3 is 2.65 bits per heavy atom. The van der Waals surface area contributed by atoms with Crippen molar-refractivity contribution in [3.05, 3.63) is 28.8 Å². The molecule has 0 bridgehead atoms. The highest BCUT2D eigenvalue weighted by Crippen LogP contribution is 2.21. The fourth-order valence-electron chi connectivity index (χ4n) is 1.59. The Morgan fingerprint density at radius 1 is 1.55 bits per heavy atom. The standard InChI is InChI=1S/C12H17ClN2O2S3/c1-3-8(7-19-2)15-20(16,17)9-4-5-10(12(14)18)11(13)6-9/h4-6,8,15H,3,7H2,1-2H3,(H2,14,18). The molecule has 1 aromatic rings. The highest BCUT2D eigenvalue weighted by atomic mass is 35.5. The molecular formula is C12H17ClN2O2S3. The number of rotatable bonds is 7. The van der Waals surface area contributed by atoms with Crippen LogP contribution in [0.4, 0.5) is 0 Å². The van der Waals surface area contributed by atoms with Crippen LogP contribution in [0, 0.1) is 0 Å². The van der Waals surface area contributed by atoms with Crippen molar-refractivity contribution in [1.82, 2.24) is 4.72 Å². The summed E-state index contributed by atoms with van der Waals surface area (Å²) in [6.07, 6.45) is 2.66. The summed E-state index contributed by atoms with van der Waals surface area (Å²) in [5.74, 6) is 0.717. The van der Waals surface area contributed by atoms with Crippen molar-refractivity contribution in [3.63, 3.8) is 0 Å². The lowest BCUT2D eigenvalue weighted by Gasteiger charge is -2.16. The molecule has 0 saturated carbocycles. The maximum Gasteiger partial charge on any atom is 0.240 e. The lowest BCUT2D eigenvalue weighted by atomic mass is 10.2. The maximum atomic E-state index is 12.3. The van der Waals surface area contributed by atoms with Gasteiger partial charge in [-0.05, 0) is 30.9 Å². The first-order valence-electron chi connectivity index (χ1n) is 5.92. The van der Waals surface area contributed by atoms with Crippen LogP contribution in [-0.2, 0) is 10.0 Å². The van der Waals surface area contributed by atoms with Gasteiger partial charge in [-0.15, -0.1) is 0 Å². The molecule has 1 atom stereocenters.